The average Bonchev–Trinajstić information content (AvgIpc) is 3.46. The molecule has 2 aromatic heterocycles. The first kappa shape index (κ1) is 17.0. The molecule has 0 N–H and O–H groups in total. The largest absolute Gasteiger partial charge is 0.408 e. The standard InChI is InChI=1S/C20H28N6O/c1-2-8-21-18(5-1)25-12-10-24(11-13-25)14-16-4-3-9-26(15-16)20-23-22-19(27-20)17-6-7-17/h1-2,5,8,16-17H,3-4,6-7,9-15H2. The number of nitrogens with zero attached hydrogens (tertiary/aromatic N) is 6. The van der Waals surface area contributed by atoms with Gasteiger partial charge in [-0.1, -0.05) is 11.2 Å². The lowest BCUT2D eigenvalue weighted by Gasteiger charge is -2.39. The summed E-state index contributed by atoms with van der Waals surface area (Å²) in [5.41, 5.74) is 0. The first-order valence-electron chi connectivity index (χ1n) is 10.3. The van der Waals surface area contributed by atoms with Crippen LogP contribution in [0.25, 0.3) is 0 Å². The van der Waals surface area contributed by atoms with Gasteiger partial charge in [-0.05, 0) is 43.7 Å². The molecule has 1 atom stereocenters. The Bertz CT molecular complexity index is 738. The summed E-state index contributed by atoms with van der Waals surface area (Å²) in [7, 11) is 0. The summed E-state index contributed by atoms with van der Waals surface area (Å²) in [5.74, 6) is 3.15. The maximum atomic E-state index is 5.92. The van der Waals surface area contributed by atoms with E-state index in [1.165, 1.54) is 25.7 Å². The van der Waals surface area contributed by atoms with Crippen LogP contribution >= 0.6 is 0 Å². The molecule has 27 heavy (non-hydrogen) atoms. The summed E-state index contributed by atoms with van der Waals surface area (Å²) in [6.07, 6.45) is 6.79. The fourth-order valence-corrected chi connectivity index (χ4v) is 4.30. The van der Waals surface area contributed by atoms with E-state index in [0.29, 0.717) is 11.8 Å². The molecule has 1 saturated carbocycles. The highest BCUT2D eigenvalue weighted by Crippen LogP contribution is 2.40. The van der Waals surface area contributed by atoms with Crippen molar-refractivity contribution in [3.63, 3.8) is 0 Å². The lowest BCUT2D eigenvalue weighted by Crippen LogP contribution is -2.50. The Morgan fingerprint density at radius 1 is 0.963 bits per heavy atom. The fourth-order valence-electron chi connectivity index (χ4n) is 4.30. The minimum Gasteiger partial charge on any atom is -0.408 e. The van der Waals surface area contributed by atoms with Gasteiger partial charge in [-0.15, -0.1) is 5.10 Å². The third kappa shape index (κ3) is 3.93. The van der Waals surface area contributed by atoms with Crippen LogP contribution in [0.4, 0.5) is 11.8 Å². The highest BCUT2D eigenvalue weighted by Gasteiger charge is 2.31. The van der Waals surface area contributed by atoms with E-state index < -0.39 is 0 Å². The maximum Gasteiger partial charge on any atom is 0.318 e. The van der Waals surface area contributed by atoms with E-state index in [1.807, 2.05) is 12.3 Å². The smallest absolute Gasteiger partial charge is 0.318 e. The van der Waals surface area contributed by atoms with Gasteiger partial charge < -0.3 is 14.2 Å². The van der Waals surface area contributed by atoms with Crippen LogP contribution in [0, 0.1) is 5.92 Å². The molecule has 0 radical (unpaired) electrons. The van der Waals surface area contributed by atoms with E-state index in [9.17, 15) is 0 Å². The van der Waals surface area contributed by atoms with Crippen molar-refractivity contribution < 1.29 is 4.42 Å². The van der Waals surface area contributed by atoms with E-state index >= 15 is 0 Å². The number of hydrogen-bond acceptors (Lipinski definition) is 7. The molecule has 7 nitrogen and oxygen atoms in total. The van der Waals surface area contributed by atoms with Crippen molar-refractivity contribution in [3.05, 3.63) is 30.3 Å². The van der Waals surface area contributed by atoms with Crippen LogP contribution in [0.15, 0.2) is 28.8 Å². The lowest BCUT2D eigenvalue weighted by atomic mass is 9.97. The Morgan fingerprint density at radius 3 is 2.63 bits per heavy atom. The van der Waals surface area contributed by atoms with Crippen LogP contribution in [-0.4, -0.2) is 65.9 Å². The van der Waals surface area contributed by atoms with Crippen LogP contribution in [0.1, 0.15) is 37.5 Å². The van der Waals surface area contributed by atoms with Crippen LogP contribution in [-0.2, 0) is 0 Å². The summed E-state index contributed by atoms with van der Waals surface area (Å²) in [4.78, 5) is 11.8. The first-order valence-corrected chi connectivity index (χ1v) is 10.3. The second-order valence-corrected chi connectivity index (χ2v) is 8.13. The molecule has 3 fully saturated rings. The van der Waals surface area contributed by atoms with Crippen molar-refractivity contribution in [2.45, 2.75) is 31.6 Å². The van der Waals surface area contributed by atoms with Gasteiger partial charge in [0.05, 0.1) is 0 Å². The van der Waals surface area contributed by atoms with E-state index in [0.717, 1.165) is 63.5 Å². The van der Waals surface area contributed by atoms with Gasteiger partial charge in [0.15, 0.2) is 0 Å². The molecule has 2 aliphatic heterocycles. The van der Waals surface area contributed by atoms with Crippen molar-refractivity contribution in [2.24, 2.45) is 5.92 Å². The summed E-state index contributed by atoms with van der Waals surface area (Å²) >= 11 is 0. The SMILES string of the molecule is c1ccc(N2CCN(CC3CCCN(c4nnc(C5CC5)o4)C3)CC2)nc1. The quantitative estimate of drug-likeness (QED) is 0.803. The molecule has 0 bridgehead atoms. The lowest BCUT2D eigenvalue weighted by molar-refractivity contribution is 0.203. The van der Waals surface area contributed by atoms with Gasteiger partial charge in [0, 0.05) is 57.9 Å². The zero-order valence-corrected chi connectivity index (χ0v) is 15.8. The van der Waals surface area contributed by atoms with Crippen LogP contribution in [0.2, 0.25) is 0 Å². The van der Waals surface area contributed by atoms with Gasteiger partial charge in [-0.3, -0.25) is 4.90 Å². The molecule has 4 heterocycles. The second kappa shape index (κ2) is 7.46. The second-order valence-electron chi connectivity index (χ2n) is 8.13. The molecule has 1 unspecified atom stereocenters. The number of piperidine rings is 1. The molecule has 2 aromatic rings. The van der Waals surface area contributed by atoms with E-state index in [1.54, 1.807) is 0 Å². The van der Waals surface area contributed by atoms with Gasteiger partial charge in [0.1, 0.15) is 5.82 Å². The number of rotatable bonds is 5. The Hall–Kier alpha value is -2.15. The molecule has 1 aliphatic carbocycles. The van der Waals surface area contributed by atoms with Crippen molar-refractivity contribution >= 4 is 11.8 Å². The van der Waals surface area contributed by atoms with Gasteiger partial charge in [-0.25, -0.2) is 4.98 Å². The molecule has 5 rings (SSSR count). The molecular weight excluding hydrogens is 340 g/mol. The highest BCUT2D eigenvalue weighted by molar-refractivity contribution is 5.38. The average molecular weight is 368 g/mol. The molecule has 3 aliphatic rings. The fraction of sp³-hybridized carbons (Fsp3) is 0.650. The molecule has 144 valence electrons. The number of piperazine rings is 1. The topological polar surface area (TPSA) is 61.5 Å². The van der Waals surface area contributed by atoms with Crippen LogP contribution < -0.4 is 9.80 Å². The number of aromatic nitrogens is 3. The minimum atomic E-state index is 0.530. The van der Waals surface area contributed by atoms with Crippen molar-refractivity contribution in [3.8, 4) is 0 Å². The summed E-state index contributed by atoms with van der Waals surface area (Å²) in [6.45, 7) is 7.57. The van der Waals surface area contributed by atoms with E-state index in [4.69, 9.17) is 4.42 Å². The van der Waals surface area contributed by atoms with E-state index in [2.05, 4.69) is 42.0 Å². The minimum absolute atomic E-state index is 0.530. The van der Waals surface area contributed by atoms with Crippen LogP contribution in [0.3, 0.4) is 0 Å². The zero-order valence-electron chi connectivity index (χ0n) is 15.8. The van der Waals surface area contributed by atoms with Crippen LogP contribution in [0.5, 0.6) is 0 Å². The third-order valence-corrected chi connectivity index (χ3v) is 6.01. The number of pyridine rings is 1. The van der Waals surface area contributed by atoms with Crippen molar-refractivity contribution in [1.82, 2.24) is 20.1 Å². The monoisotopic (exact) mass is 368 g/mol. The first-order chi connectivity index (χ1) is 13.3. The Kier molecular flexibility index (Phi) is 4.69. The number of anilines is 2. The van der Waals surface area contributed by atoms with Gasteiger partial charge in [-0.2, -0.15) is 0 Å². The van der Waals surface area contributed by atoms with Crippen molar-refractivity contribution in [2.75, 3.05) is 55.6 Å². The summed E-state index contributed by atoms with van der Waals surface area (Å²) < 4.78 is 5.92. The number of hydrogen-bond donors (Lipinski definition) is 0. The molecule has 7 heteroatoms. The Labute approximate surface area is 160 Å². The molecule has 0 aromatic carbocycles. The third-order valence-electron chi connectivity index (χ3n) is 6.01. The zero-order chi connectivity index (χ0) is 18.1. The highest BCUT2D eigenvalue weighted by atomic mass is 16.4. The Balaban J connectivity index is 1.13. The summed E-state index contributed by atoms with van der Waals surface area (Å²) in [5, 5.41) is 8.56. The van der Waals surface area contributed by atoms with Gasteiger partial charge in [0.2, 0.25) is 5.89 Å². The van der Waals surface area contributed by atoms with Crippen molar-refractivity contribution in [1.29, 1.82) is 0 Å². The normalized spacial score (nSPS) is 24.4. The molecular formula is C20H28N6O. The predicted molar refractivity (Wildman–Crippen MR) is 104 cm³/mol. The molecule has 0 amide bonds. The molecule has 0 spiro atoms. The predicted octanol–water partition coefficient (Wildman–Crippen LogP) is 2.38. The van der Waals surface area contributed by atoms with E-state index in [-0.39, 0.29) is 0 Å². The van der Waals surface area contributed by atoms with Gasteiger partial charge >= 0.3 is 6.01 Å². The summed E-state index contributed by atoms with van der Waals surface area (Å²) in [6, 6.07) is 6.89. The van der Waals surface area contributed by atoms with Gasteiger partial charge in [0.25, 0.3) is 0 Å². The Morgan fingerprint density at radius 2 is 1.85 bits per heavy atom. The maximum absolute atomic E-state index is 5.92. The molecule has 2 saturated heterocycles.